The highest BCUT2D eigenvalue weighted by Gasteiger charge is 2.19. The lowest BCUT2D eigenvalue weighted by molar-refractivity contribution is 0.766. The predicted octanol–water partition coefficient (Wildman–Crippen LogP) is 11.3. The monoisotopic (exact) mass is 651 g/mol. The third-order valence-electron chi connectivity index (χ3n) is 9.86. The zero-order chi connectivity index (χ0) is 33.7. The summed E-state index contributed by atoms with van der Waals surface area (Å²) in [6.45, 7) is 0. The Labute approximate surface area is 294 Å². The number of fused-ring (bicyclic) bond motifs is 4. The lowest BCUT2D eigenvalue weighted by atomic mass is 9.85. The fourth-order valence-corrected chi connectivity index (χ4v) is 7.52. The van der Waals surface area contributed by atoms with E-state index in [0.717, 1.165) is 44.5 Å². The van der Waals surface area contributed by atoms with Gasteiger partial charge in [-0.05, 0) is 108 Å². The molecule has 238 valence electrons. The van der Waals surface area contributed by atoms with Gasteiger partial charge in [-0.15, -0.1) is 10.2 Å². The Kier molecular flexibility index (Phi) is 6.74. The van der Waals surface area contributed by atoms with Gasteiger partial charge in [0, 0.05) is 35.9 Å². The molecule has 0 saturated heterocycles. The molecule has 5 heteroatoms. The molecule has 10 aromatic rings. The highest BCUT2D eigenvalue weighted by atomic mass is 15.5. The van der Waals surface area contributed by atoms with Gasteiger partial charge in [-0.25, -0.2) is 0 Å². The second-order valence-corrected chi connectivity index (χ2v) is 12.8. The number of aromatic nitrogens is 5. The van der Waals surface area contributed by atoms with Crippen LogP contribution < -0.4 is 0 Å². The lowest BCUT2D eigenvalue weighted by Gasteiger charge is -2.18. The van der Waals surface area contributed by atoms with Gasteiger partial charge in [-0.3, -0.25) is 9.97 Å². The average Bonchev–Trinajstić information content (AvgIpc) is 3.66. The molecule has 3 aromatic heterocycles. The van der Waals surface area contributed by atoms with Gasteiger partial charge < -0.3 is 0 Å². The molecule has 51 heavy (non-hydrogen) atoms. The van der Waals surface area contributed by atoms with Crippen LogP contribution in [0.1, 0.15) is 0 Å². The van der Waals surface area contributed by atoms with E-state index < -0.39 is 0 Å². The Balaban J connectivity index is 1.19. The minimum absolute atomic E-state index is 0.830. The number of hydrogen-bond acceptors (Lipinski definition) is 4. The maximum Gasteiger partial charge on any atom is 0.122 e. The summed E-state index contributed by atoms with van der Waals surface area (Å²) in [5.41, 5.74) is 11.4. The predicted molar refractivity (Wildman–Crippen MR) is 209 cm³/mol. The first-order valence-corrected chi connectivity index (χ1v) is 17.0. The van der Waals surface area contributed by atoms with Crippen LogP contribution in [0.25, 0.3) is 93.5 Å². The summed E-state index contributed by atoms with van der Waals surface area (Å²) in [5.74, 6) is 0. The first-order chi connectivity index (χ1) is 25.3. The fraction of sp³-hybridized carbons (Fsp3) is 0. The van der Waals surface area contributed by atoms with Gasteiger partial charge in [0.05, 0.1) is 5.69 Å². The second kappa shape index (κ2) is 11.9. The minimum Gasteiger partial charge on any atom is -0.265 e. The van der Waals surface area contributed by atoms with E-state index in [1.165, 1.54) is 49.0 Å². The SMILES string of the molecule is c1cc(-c2c3ccccc3c(-c3ccc4ccccc4c3)c3ccccc23)cc(-n2nc3c(-c4ccncc4)ccc(-c4ccncc4)c3n2)c1. The van der Waals surface area contributed by atoms with E-state index in [0.29, 0.717) is 0 Å². The average molecular weight is 652 g/mol. The van der Waals surface area contributed by atoms with Crippen molar-refractivity contribution >= 4 is 43.4 Å². The van der Waals surface area contributed by atoms with Gasteiger partial charge in [0.1, 0.15) is 11.0 Å². The summed E-state index contributed by atoms with van der Waals surface area (Å²) in [4.78, 5) is 10.2. The molecular weight excluding hydrogens is 623 g/mol. The molecule has 0 aliphatic carbocycles. The number of nitrogens with zero attached hydrogens (tertiary/aromatic N) is 5. The Morgan fingerprint density at radius 1 is 0.353 bits per heavy atom. The molecule has 0 fully saturated rings. The van der Waals surface area contributed by atoms with Crippen LogP contribution in [0.4, 0.5) is 0 Å². The Hall–Kier alpha value is -6.98. The van der Waals surface area contributed by atoms with Crippen LogP contribution >= 0.6 is 0 Å². The Morgan fingerprint density at radius 3 is 1.39 bits per heavy atom. The summed E-state index contributed by atoms with van der Waals surface area (Å²) in [6.07, 6.45) is 7.25. The van der Waals surface area contributed by atoms with Crippen molar-refractivity contribution in [3.8, 4) is 50.2 Å². The molecule has 0 radical (unpaired) electrons. The Morgan fingerprint density at radius 2 is 0.843 bits per heavy atom. The van der Waals surface area contributed by atoms with Crippen molar-refractivity contribution in [3.63, 3.8) is 0 Å². The maximum atomic E-state index is 5.15. The highest BCUT2D eigenvalue weighted by Crippen LogP contribution is 2.44. The van der Waals surface area contributed by atoms with Crippen molar-refractivity contribution < 1.29 is 0 Å². The standard InChI is InChI=1S/C46H29N5/c1-2-9-33-28-35(17-16-30(33)8-1)44-41-14-5-3-12-39(41)43(40-13-4-6-15-42(40)44)34-10-7-11-36(29-34)51-49-45-37(31-20-24-47-25-21-31)18-19-38(46(45)50-51)32-22-26-48-27-23-32/h1-29H. The van der Waals surface area contributed by atoms with E-state index in [9.17, 15) is 0 Å². The van der Waals surface area contributed by atoms with E-state index in [2.05, 4.69) is 137 Å². The lowest BCUT2D eigenvalue weighted by Crippen LogP contribution is -1.99. The van der Waals surface area contributed by atoms with E-state index in [4.69, 9.17) is 10.2 Å². The first-order valence-electron chi connectivity index (χ1n) is 17.0. The molecule has 3 heterocycles. The van der Waals surface area contributed by atoms with E-state index in [-0.39, 0.29) is 0 Å². The molecule has 0 aliphatic heterocycles. The molecule has 0 saturated carbocycles. The number of benzene rings is 7. The van der Waals surface area contributed by atoms with Gasteiger partial charge in [0.15, 0.2) is 0 Å². The van der Waals surface area contributed by atoms with Crippen LogP contribution in [0.15, 0.2) is 176 Å². The molecule has 0 unspecified atom stereocenters. The smallest absolute Gasteiger partial charge is 0.122 e. The van der Waals surface area contributed by atoms with Gasteiger partial charge in [-0.2, -0.15) is 4.80 Å². The molecule has 0 N–H and O–H groups in total. The van der Waals surface area contributed by atoms with Crippen molar-refractivity contribution in [1.29, 1.82) is 0 Å². The van der Waals surface area contributed by atoms with Crippen LogP contribution in [0.5, 0.6) is 0 Å². The normalized spacial score (nSPS) is 11.5. The molecule has 10 rings (SSSR count). The van der Waals surface area contributed by atoms with Gasteiger partial charge >= 0.3 is 0 Å². The van der Waals surface area contributed by atoms with Crippen LogP contribution in [0.3, 0.4) is 0 Å². The molecule has 0 atom stereocenters. The molecule has 0 spiro atoms. The van der Waals surface area contributed by atoms with E-state index >= 15 is 0 Å². The third-order valence-corrected chi connectivity index (χ3v) is 9.86. The first kappa shape index (κ1) is 29.0. The van der Waals surface area contributed by atoms with Crippen molar-refractivity contribution in [2.24, 2.45) is 0 Å². The van der Waals surface area contributed by atoms with Crippen molar-refractivity contribution in [2.75, 3.05) is 0 Å². The van der Waals surface area contributed by atoms with Crippen LogP contribution in [-0.4, -0.2) is 25.0 Å². The summed E-state index contributed by atoms with van der Waals surface area (Å²) < 4.78 is 0. The van der Waals surface area contributed by atoms with Crippen molar-refractivity contribution in [1.82, 2.24) is 25.0 Å². The quantitative estimate of drug-likeness (QED) is 0.174. The topological polar surface area (TPSA) is 56.5 Å². The van der Waals surface area contributed by atoms with Crippen molar-refractivity contribution in [2.45, 2.75) is 0 Å². The molecule has 0 aliphatic rings. The molecule has 0 amide bonds. The Bertz CT molecular complexity index is 2780. The maximum absolute atomic E-state index is 5.15. The highest BCUT2D eigenvalue weighted by molar-refractivity contribution is 6.21. The summed E-state index contributed by atoms with van der Waals surface area (Å²) in [5, 5.41) is 17.6. The van der Waals surface area contributed by atoms with Gasteiger partial charge in [-0.1, -0.05) is 109 Å². The molecule has 0 bridgehead atoms. The molecule has 5 nitrogen and oxygen atoms in total. The second-order valence-electron chi connectivity index (χ2n) is 12.8. The summed E-state index contributed by atoms with van der Waals surface area (Å²) in [6, 6.07) is 53.8. The minimum atomic E-state index is 0.830. The number of pyridine rings is 2. The van der Waals surface area contributed by atoms with E-state index in [1.807, 2.05) is 49.1 Å². The van der Waals surface area contributed by atoms with Crippen LogP contribution in [0.2, 0.25) is 0 Å². The zero-order valence-corrected chi connectivity index (χ0v) is 27.5. The van der Waals surface area contributed by atoms with Gasteiger partial charge in [0.2, 0.25) is 0 Å². The number of rotatable bonds is 5. The summed E-state index contributed by atoms with van der Waals surface area (Å²) in [7, 11) is 0. The van der Waals surface area contributed by atoms with Gasteiger partial charge in [0.25, 0.3) is 0 Å². The largest absolute Gasteiger partial charge is 0.265 e. The van der Waals surface area contributed by atoms with Crippen LogP contribution in [-0.2, 0) is 0 Å². The zero-order valence-electron chi connectivity index (χ0n) is 27.5. The third kappa shape index (κ3) is 4.86. The summed E-state index contributed by atoms with van der Waals surface area (Å²) >= 11 is 0. The van der Waals surface area contributed by atoms with E-state index in [1.54, 1.807) is 4.80 Å². The molecule has 7 aromatic carbocycles. The molecular formula is C46H29N5. The van der Waals surface area contributed by atoms with Crippen molar-refractivity contribution in [3.05, 3.63) is 176 Å². The number of hydrogen-bond donors (Lipinski definition) is 0. The fourth-order valence-electron chi connectivity index (χ4n) is 7.52. The van der Waals surface area contributed by atoms with Crippen LogP contribution in [0, 0.1) is 0 Å².